The van der Waals surface area contributed by atoms with E-state index < -0.39 is 12.1 Å². The van der Waals surface area contributed by atoms with Crippen LogP contribution in [0.15, 0.2) is 30.3 Å². The van der Waals surface area contributed by atoms with Gasteiger partial charge in [-0.15, -0.1) is 11.3 Å². The van der Waals surface area contributed by atoms with Crippen LogP contribution in [-0.2, 0) is 6.42 Å². The number of aromatic carboxylic acids is 1. The number of carbonyl (C=O) groups is 1. The molecular weight excluding hydrogens is 411 g/mol. The van der Waals surface area contributed by atoms with Crippen molar-refractivity contribution in [2.24, 2.45) is 17.8 Å². The summed E-state index contributed by atoms with van der Waals surface area (Å²) in [6, 6.07) is 6.75. The number of hydrogen-bond acceptors (Lipinski definition) is 3. The Labute approximate surface area is 179 Å². The fourth-order valence-electron chi connectivity index (χ4n) is 4.25. The Kier molecular flexibility index (Phi) is 7.14. The summed E-state index contributed by atoms with van der Waals surface area (Å²) in [5.41, 5.74) is 1.14. The fraction of sp³-hybridized carbons (Fsp3) is 0.435. The van der Waals surface area contributed by atoms with Crippen LogP contribution in [0.4, 0.5) is 4.39 Å². The van der Waals surface area contributed by atoms with Gasteiger partial charge >= 0.3 is 5.97 Å². The van der Waals surface area contributed by atoms with Crippen LogP contribution in [0.25, 0.3) is 6.08 Å². The molecule has 0 unspecified atom stereocenters. The number of aliphatic hydroxyl groups excluding tert-OH is 1. The molecule has 0 bridgehead atoms. The molecule has 0 radical (unpaired) electrons. The molecule has 1 aliphatic rings. The molecule has 0 amide bonds. The zero-order chi connectivity index (χ0) is 21.1. The molecule has 1 aromatic heterocycles. The van der Waals surface area contributed by atoms with E-state index in [1.54, 1.807) is 19.1 Å². The van der Waals surface area contributed by atoms with E-state index in [9.17, 15) is 14.3 Å². The molecule has 1 heterocycles. The zero-order valence-corrected chi connectivity index (χ0v) is 18.1. The third-order valence-electron chi connectivity index (χ3n) is 5.93. The fourth-order valence-corrected chi connectivity index (χ4v) is 5.35. The van der Waals surface area contributed by atoms with Gasteiger partial charge in [-0.25, -0.2) is 9.18 Å². The number of aliphatic hydroxyl groups is 1. The lowest BCUT2D eigenvalue weighted by Gasteiger charge is -2.21. The molecule has 1 saturated carbocycles. The largest absolute Gasteiger partial charge is 0.477 e. The number of carboxylic acid groups (broad SMARTS) is 1. The maximum Gasteiger partial charge on any atom is 0.345 e. The van der Waals surface area contributed by atoms with Gasteiger partial charge in [-0.3, -0.25) is 0 Å². The van der Waals surface area contributed by atoms with Crippen LogP contribution in [-0.4, -0.2) is 22.3 Å². The van der Waals surface area contributed by atoms with Gasteiger partial charge in [0, 0.05) is 21.4 Å². The van der Waals surface area contributed by atoms with E-state index in [1.165, 1.54) is 17.4 Å². The monoisotopic (exact) mass is 436 g/mol. The highest BCUT2D eigenvalue weighted by molar-refractivity contribution is 7.13. The highest BCUT2D eigenvalue weighted by Gasteiger charge is 2.38. The first-order chi connectivity index (χ1) is 13.8. The number of rotatable bonds is 7. The summed E-state index contributed by atoms with van der Waals surface area (Å²) in [7, 11) is 0. The molecule has 0 aliphatic heterocycles. The number of hydrogen-bond donors (Lipinski definition) is 2. The summed E-state index contributed by atoms with van der Waals surface area (Å²) < 4.78 is 13.9. The molecule has 1 aliphatic carbocycles. The van der Waals surface area contributed by atoms with E-state index in [4.69, 9.17) is 16.7 Å². The van der Waals surface area contributed by atoms with Gasteiger partial charge in [0.1, 0.15) is 10.7 Å². The normalized spacial score (nSPS) is 24.4. The Hall–Kier alpha value is -1.69. The maximum absolute atomic E-state index is 13.9. The summed E-state index contributed by atoms with van der Waals surface area (Å²) in [5, 5.41) is 20.0. The van der Waals surface area contributed by atoms with Crippen molar-refractivity contribution < 1.29 is 19.4 Å². The van der Waals surface area contributed by atoms with Crippen molar-refractivity contribution in [2.45, 2.75) is 45.6 Å². The lowest BCUT2D eigenvalue weighted by molar-refractivity contribution is 0.0702. The van der Waals surface area contributed by atoms with Crippen LogP contribution in [0.5, 0.6) is 0 Å². The van der Waals surface area contributed by atoms with E-state index in [0.29, 0.717) is 32.9 Å². The van der Waals surface area contributed by atoms with Gasteiger partial charge in [-0.2, -0.15) is 0 Å². The minimum Gasteiger partial charge on any atom is -0.477 e. The van der Waals surface area contributed by atoms with E-state index in [-0.39, 0.29) is 11.7 Å². The van der Waals surface area contributed by atoms with Gasteiger partial charge in [0.05, 0.1) is 6.10 Å². The smallest absolute Gasteiger partial charge is 0.345 e. The molecule has 1 fully saturated rings. The van der Waals surface area contributed by atoms with Crippen LogP contribution < -0.4 is 0 Å². The molecule has 156 valence electrons. The second-order valence-electron chi connectivity index (χ2n) is 7.95. The Morgan fingerprint density at radius 2 is 2.14 bits per heavy atom. The van der Waals surface area contributed by atoms with Crippen LogP contribution in [0.3, 0.4) is 0 Å². The number of aryl methyl sites for hydroxylation is 1. The lowest BCUT2D eigenvalue weighted by atomic mass is 9.85. The quantitative estimate of drug-likeness (QED) is 0.541. The molecule has 4 atom stereocenters. The van der Waals surface area contributed by atoms with Crippen LogP contribution in [0.2, 0.25) is 5.02 Å². The Morgan fingerprint density at radius 3 is 2.79 bits per heavy atom. The SMILES string of the molecule is Cc1c(F)cc(/C=C\[C@@H]2[C@@H](CCCc3ccc(C(=O)O)s3)[C@H](C)C[C@H]2O)cc1Cl. The third-order valence-corrected chi connectivity index (χ3v) is 7.46. The minimum absolute atomic E-state index is 0.0195. The average Bonchev–Trinajstić information content (AvgIpc) is 3.23. The second kappa shape index (κ2) is 9.41. The Bertz CT molecular complexity index is 884. The van der Waals surface area contributed by atoms with Crippen LogP contribution >= 0.6 is 22.9 Å². The summed E-state index contributed by atoms with van der Waals surface area (Å²) in [6.45, 7) is 3.81. The summed E-state index contributed by atoms with van der Waals surface area (Å²) >= 11 is 7.41. The number of thiophene rings is 1. The Morgan fingerprint density at radius 1 is 1.38 bits per heavy atom. The van der Waals surface area contributed by atoms with Gasteiger partial charge < -0.3 is 10.2 Å². The van der Waals surface area contributed by atoms with Gasteiger partial charge in [0.2, 0.25) is 0 Å². The van der Waals surface area contributed by atoms with Crippen molar-refractivity contribution in [2.75, 3.05) is 0 Å². The van der Waals surface area contributed by atoms with E-state index in [0.717, 1.165) is 30.6 Å². The van der Waals surface area contributed by atoms with Gasteiger partial charge in [0.15, 0.2) is 0 Å². The predicted octanol–water partition coefficient (Wildman–Crippen LogP) is 6.22. The molecule has 6 heteroatoms. The van der Waals surface area contributed by atoms with E-state index in [1.807, 2.05) is 18.2 Å². The van der Waals surface area contributed by atoms with Crippen molar-refractivity contribution in [1.82, 2.24) is 0 Å². The van der Waals surface area contributed by atoms with Crippen LogP contribution in [0.1, 0.15) is 51.9 Å². The highest BCUT2D eigenvalue weighted by Crippen LogP contribution is 2.41. The molecule has 2 aromatic rings. The summed E-state index contributed by atoms with van der Waals surface area (Å²) in [5.74, 6) is -0.453. The van der Waals surface area contributed by atoms with Crippen molar-refractivity contribution in [1.29, 1.82) is 0 Å². The molecule has 0 spiro atoms. The van der Waals surface area contributed by atoms with Crippen molar-refractivity contribution in [3.8, 4) is 0 Å². The van der Waals surface area contributed by atoms with E-state index >= 15 is 0 Å². The highest BCUT2D eigenvalue weighted by atomic mass is 35.5. The minimum atomic E-state index is -0.883. The molecule has 29 heavy (non-hydrogen) atoms. The van der Waals surface area contributed by atoms with Crippen molar-refractivity contribution in [3.63, 3.8) is 0 Å². The van der Waals surface area contributed by atoms with Crippen molar-refractivity contribution in [3.05, 3.63) is 62.1 Å². The number of benzene rings is 1. The first-order valence-corrected chi connectivity index (χ1v) is 11.1. The molecule has 3 nitrogen and oxygen atoms in total. The molecular formula is C23H26ClFO3S. The first kappa shape index (κ1) is 22.0. The topological polar surface area (TPSA) is 57.5 Å². The van der Waals surface area contributed by atoms with Gasteiger partial charge in [-0.1, -0.05) is 30.7 Å². The van der Waals surface area contributed by atoms with Crippen molar-refractivity contribution >= 4 is 35.0 Å². The summed E-state index contributed by atoms with van der Waals surface area (Å²) in [6.07, 6.45) is 6.93. The molecule has 1 aromatic carbocycles. The average molecular weight is 437 g/mol. The molecule has 3 rings (SSSR count). The summed E-state index contributed by atoms with van der Waals surface area (Å²) in [4.78, 5) is 12.5. The second-order valence-corrected chi connectivity index (χ2v) is 9.53. The molecule has 0 saturated heterocycles. The predicted molar refractivity (Wildman–Crippen MR) is 116 cm³/mol. The van der Waals surface area contributed by atoms with Gasteiger partial charge in [0.25, 0.3) is 0 Å². The molecule has 2 N–H and O–H groups in total. The Balaban J connectivity index is 1.64. The maximum atomic E-state index is 13.9. The standard InChI is InChI=1S/C23H26ClFO3S/c1-13-10-21(26)18(8-6-15-11-19(24)14(2)20(25)12-15)17(13)5-3-4-16-7-9-22(29-16)23(27)28/h6-9,11-13,17-18,21,26H,3-5,10H2,1-2H3,(H,27,28)/b8-6-/t13-,17+,18-,21-/m1/s1. The van der Waals surface area contributed by atoms with Gasteiger partial charge in [-0.05, 0) is 74.3 Å². The number of halogens is 2. The van der Waals surface area contributed by atoms with E-state index in [2.05, 4.69) is 6.92 Å². The zero-order valence-electron chi connectivity index (χ0n) is 16.6. The number of carboxylic acids is 1. The first-order valence-electron chi connectivity index (χ1n) is 9.90. The lowest BCUT2D eigenvalue weighted by Crippen LogP contribution is -2.18. The van der Waals surface area contributed by atoms with Crippen LogP contribution in [0, 0.1) is 30.5 Å². The third kappa shape index (κ3) is 5.27.